The molecule has 0 unspecified atom stereocenters. The average Bonchev–Trinajstić information content (AvgIpc) is 3.39. The van der Waals surface area contributed by atoms with Crippen LogP contribution in [0.3, 0.4) is 0 Å². The first-order valence-electron chi connectivity index (χ1n) is 9.83. The van der Waals surface area contributed by atoms with Crippen LogP contribution in [0.15, 0.2) is 30.3 Å². The summed E-state index contributed by atoms with van der Waals surface area (Å²) in [4.78, 5) is 42.4. The van der Waals surface area contributed by atoms with Crippen LogP contribution in [0.25, 0.3) is 10.2 Å². The minimum atomic E-state index is -0.764. The van der Waals surface area contributed by atoms with E-state index < -0.39 is 27.1 Å². The number of nitro benzene ring substituents is 2. The fourth-order valence-electron chi connectivity index (χ4n) is 3.34. The van der Waals surface area contributed by atoms with Gasteiger partial charge in [-0.2, -0.15) is 0 Å². The summed E-state index contributed by atoms with van der Waals surface area (Å²) in [6.07, 6.45) is 0.592. The number of amides is 1. The largest absolute Gasteiger partial charge is 0.454 e. The Morgan fingerprint density at radius 3 is 2.24 bits per heavy atom. The van der Waals surface area contributed by atoms with Gasteiger partial charge in [-0.3, -0.25) is 29.9 Å². The van der Waals surface area contributed by atoms with Crippen molar-refractivity contribution >= 4 is 56.4 Å². The van der Waals surface area contributed by atoms with Crippen LogP contribution in [0.4, 0.5) is 16.5 Å². The highest BCUT2D eigenvalue weighted by Gasteiger charge is 2.27. The van der Waals surface area contributed by atoms with Crippen molar-refractivity contribution in [3.05, 3.63) is 56.1 Å². The maximum absolute atomic E-state index is 13.4. The number of halogens is 1. The van der Waals surface area contributed by atoms with E-state index in [0.29, 0.717) is 35.1 Å². The monoisotopic (exact) mass is 509 g/mol. The molecular weight excluding hydrogens is 490 g/mol. The highest BCUT2D eigenvalue weighted by atomic mass is 35.5. The van der Waals surface area contributed by atoms with Crippen LogP contribution in [0.1, 0.15) is 16.8 Å². The standard InChI is InChI=1S/C20H19N5O7S.ClH/c1-22(2)4-3-5-23(19(26)12-6-13(24(27)28)8-14(7-12)25(29)30)20-21-15-9-16-17(32-11-31-16)10-18(15)33-20;/h6-10H,3-5,11H2,1-2H3;1H. The van der Waals surface area contributed by atoms with E-state index in [4.69, 9.17) is 9.47 Å². The summed E-state index contributed by atoms with van der Waals surface area (Å²) in [6, 6.07) is 6.40. The van der Waals surface area contributed by atoms with E-state index in [1.54, 1.807) is 12.1 Å². The van der Waals surface area contributed by atoms with E-state index in [-0.39, 0.29) is 31.3 Å². The quantitative estimate of drug-likeness (QED) is 0.326. The predicted octanol–water partition coefficient (Wildman–Crippen LogP) is 3.86. The number of hydrogen-bond acceptors (Lipinski definition) is 10. The number of hydrogen-bond donors (Lipinski definition) is 0. The summed E-state index contributed by atoms with van der Waals surface area (Å²) >= 11 is 1.25. The lowest BCUT2D eigenvalue weighted by molar-refractivity contribution is -0.394. The fourth-order valence-corrected chi connectivity index (χ4v) is 4.34. The number of rotatable bonds is 8. The molecule has 1 aliphatic heterocycles. The third kappa shape index (κ3) is 5.16. The zero-order valence-electron chi connectivity index (χ0n) is 18.1. The van der Waals surface area contributed by atoms with Crippen molar-refractivity contribution < 1.29 is 24.1 Å². The van der Waals surface area contributed by atoms with Gasteiger partial charge in [0.1, 0.15) is 0 Å². The Kier molecular flexibility index (Phi) is 7.49. The van der Waals surface area contributed by atoms with Gasteiger partial charge in [0.05, 0.1) is 31.7 Å². The molecule has 0 saturated heterocycles. The number of carbonyl (C=O) groups excluding carboxylic acids is 1. The molecule has 12 nitrogen and oxygen atoms in total. The summed E-state index contributed by atoms with van der Waals surface area (Å²) in [6.45, 7) is 1.07. The summed E-state index contributed by atoms with van der Waals surface area (Å²) in [5.41, 5.74) is -0.615. The number of carbonyl (C=O) groups is 1. The van der Waals surface area contributed by atoms with E-state index in [1.807, 2.05) is 19.0 Å². The van der Waals surface area contributed by atoms with Crippen LogP contribution >= 0.6 is 23.7 Å². The molecule has 1 aromatic heterocycles. The Labute approximate surface area is 203 Å². The molecule has 0 N–H and O–H groups in total. The fraction of sp³-hybridized carbons (Fsp3) is 0.300. The highest BCUT2D eigenvalue weighted by Crippen LogP contribution is 2.40. The molecule has 180 valence electrons. The van der Waals surface area contributed by atoms with Gasteiger partial charge in [-0.1, -0.05) is 11.3 Å². The third-order valence-electron chi connectivity index (χ3n) is 4.91. The molecule has 3 aromatic rings. The van der Waals surface area contributed by atoms with Crippen molar-refractivity contribution in [2.45, 2.75) is 6.42 Å². The van der Waals surface area contributed by atoms with E-state index in [1.165, 1.54) is 16.2 Å². The van der Waals surface area contributed by atoms with Crippen molar-refractivity contribution in [2.75, 3.05) is 38.9 Å². The van der Waals surface area contributed by atoms with Gasteiger partial charge in [0.15, 0.2) is 16.6 Å². The molecule has 1 aliphatic rings. The van der Waals surface area contributed by atoms with Crippen molar-refractivity contribution in [1.29, 1.82) is 0 Å². The van der Waals surface area contributed by atoms with Crippen molar-refractivity contribution in [2.24, 2.45) is 0 Å². The van der Waals surface area contributed by atoms with E-state index in [9.17, 15) is 25.0 Å². The number of fused-ring (bicyclic) bond motifs is 2. The Morgan fingerprint density at radius 2 is 1.65 bits per heavy atom. The van der Waals surface area contributed by atoms with Crippen LogP contribution < -0.4 is 14.4 Å². The average molecular weight is 510 g/mol. The lowest BCUT2D eigenvalue weighted by Crippen LogP contribution is -2.33. The molecule has 1 amide bonds. The van der Waals surface area contributed by atoms with Crippen LogP contribution in [0.5, 0.6) is 11.5 Å². The summed E-state index contributed by atoms with van der Waals surface area (Å²) < 4.78 is 11.6. The molecule has 0 saturated carbocycles. The molecule has 2 aromatic carbocycles. The number of nitrogens with zero attached hydrogens (tertiary/aromatic N) is 5. The zero-order valence-corrected chi connectivity index (χ0v) is 19.8. The number of thiazole rings is 1. The molecule has 0 atom stereocenters. The summed E-state index contributed by atoms with van der Waals surface area (Å²) in [7, 11) is 3.80. The van der Waals surface area contributed by atoms with Gasteiger partial charge in [-0.25, -0.2) is 4.98 Å². The summed E-state index contributed by atoms with van der Waals surface area (Å²) in [5.74, 6) is 0.524. The molecule has 14 heteroatoms. The Morgan fingerprint density at radius 1 is 1.03 bits per heavy atom. The molecular formula is C20H20ClN5O7S. The van der Waals surface area contributed by atoms with Crippen molar-refractivity contribution in [3.63, 3.8) is 0 Å². The molecule has 0 fully saturated rings. The smallest absolute Gasteiger partial charge is 0.277 e. The van der Waals surface area contributed by atoms with Gasteiger partial charge in [0.25, 0.3) is 17.3 Å². The lowest BCUT2D eigenvalue weighted by atomic mass is 10.1. The van der Waals surface area contributed by atoms with Crippen molar-refractivity contribution in [3.8, 4) is 11.5 Å². The molecule has 34 heavy (non-hydrogen) atoms. The second-order valence-electron chi connectivity index (χ2n) is 7.54. The van der Waals surface area contributed by atoms with E-state index in [0.717, 1.165) is 22.9 Å². The maximum Gasteiger partial charge on any atom is 0.277 e. The Balaban J connectivity index is 0.00000324. The predicted molar refractivity (Wildman–Crippen MR) is 128 cm³/mol. The zero-order chi connectivity index (χ0) is 23.7. The number of ether oxygens (including phenoxy) is 2. The second kappa shape index (κ2) is 10.2. The van der Waals surface area contributed by atoms with Gasteiger partial charge in [-0.15, -0.1) is 12.4 Å². The van der Waals surface area contributed by atoms with Gasteiger partial charge >= 0.3 is 0 Å². The minimum Gasteiger partial charge on any atom is -0.454 e. The number of benzene rings is 2. The Bertz CT molecular complexity index is 1190. The molecule has 0 radical (unpaired) electrons. The first kappa shape index (κ1) is 25.1. The number of non-ortho nitro benzene ring substituents is 2. The highest BCUT2D eigenvalue weighted by molar-refractivity contribution is 7.22. The van der Waals surface area contributed by atoms with Gasteiger partial charge in [-0.05, 0) is 27.1 Å². The SMILES string of the molecule is CN(C)CCCN(C(=O)c1cc([N+](=O)[O-])cc([N+](=O)[O-])c1)c1nc2cc3c(cc2s1)OCO3.Cl. The molecule has 4 rings (SSSR count). The molecule has 0 bridgehead atoms. The third-order valence-corrected chi connectivity index (χ3v) is 5.95. The van der Waals surface area contributed by atoms with Gasteiger partial charge in [0.2, 0.25) is 6.79 Å². The minimum absolute atomic E-state index is 0. The van der Waals surface area contributed by atoms with Crippen LogP contribution in [0, 0.1) is 20.2 Å². The maximum atomic E-state index is 13.4. The normalized spacial score (nSPS) is 12.0. The van der Waals surface area contributed by atoms with Crippen LogP contribution in [-0.4, -0.2) is 59.6 Å². The van der Waals surface area contributed by atoms with Crippen molar-refractivity contribution in [1.82, 2.24) is 9.88 Å². The first-order valence-corrected chi connectivity index (χ1v) is 10.7. The first-order chi connectivity index (χ1) is 15.7. The molecule has 0 spiro atoms. The van der Waals surface area contributed by atoms with Gasteiger partial charge < -0.3 is 14.4 Å². The van der Waals surface area contributed by atoms with Crippen LogP contribution in [-0.2, 0) is 0 Å². The lowest BCUT2D eigenvalue weighted by Gasteiger charge is -2.21. The number of anilines is 1. The number of nitro groups is 2. The van der Waals surface area contributed by atoms with E-state index >= 15 is 0 Å². The molecule has 2 heterocycles. The van der Waals surface area contributed by atoms with Crippen LogP contribution in [0.2, 0.25) is 0 Å². The Hall–Kier alpha value is -3.55. The number of aromatic nitrogens is 1. The van der Waals surface area contributed by atoms with Gasteiger partial charge in [0, 0.05) is 30.8 Å². The second-order valence-corrected chi connectivity index (χ2v) is 8.54. The van der Waals surface area contributed by atoms with E-state index in [2.05, 4.69) is 4.98 Å². The summed E-state index contributed by atoms with van der Waals surface area (Å²) in [5, 5.41) is 22.9. The topological polar surface area (TPSA) is 141 Å². The molecule has 0 aliphatic carbocycles.